The lowest BCUT2D eigenvalue weighted by Crippen LogP contribution is -2.24. The van der Waals surface area contributed by atoms with Crippen LogP contribution in [0.3, 0.4) is 0 Å². The Hall–Kier alpha value is -1.86. The highest BCUT2D eigenvalue weighted by molar-refractivity contribution is 8.00. The van der Waals surface area contributed by atoms with Crippen LogP contribution in [-0.2, 0) is 14.8 Å². The number of ether oxygens (including phenoxy) is 2. The highest BCUT2D eigenvalue weighted by Gasteiger charge is 2.32. The fourth-order valence-electron chi connectivity index (χ4n) is 2.40. The molecule has 0 radical (unpaired) electrons. The summed E-state index contributed by atoms with van der Waals surface area (Å²) < 4.78 is 37.9. The number of nitrogens with zero attached hydrogens (tertiary/aromatic N) is 1. The highest BCUT2D eigenvalue weighted by atomic mass is 32.2. The van der Waals surface area contributed by atoms with Gasteiger partial charge in [0.15, 0.2) is 0 Å². The number of benzene rings is 1. The van der Waals surface area contributed by atoms with E-state index in [2.05, 4.69) is 9.71 Å². The van der Waals surface area contributed by atoms with E-state index in [1.165, 1.54) is 0 Å². The first kappa shape index (κ1) is 18.5. The fourth-order valence-corrected chi connectivity index (χ4v) is 3.92. The SMILES string of the molecule is COc1ccc(C2=C(C)C(=NCCCOC(C)C)NS2(=O)=O)cc1. The summed E-state index contributed by atoms with van der Waals surface area (Å²) in [6.45, 7) is 6.84. The third kappa shape index (κ3) is 4.36. The molecule has 7 heteroatoms. The summed E-state index contributed by atoms with van der Waals surface area (Å²) in [7, 11) is -2.02. The first-order valence-electron chi connectivity index (χ1n) is 7.89. The van der Waals surface area contributed by atoms with Gasteiger partial charge in [-0.25, -0.2) is 8.42 Å². The molecule has 0 saturated heterocycles. The van der Waals surface area contributed by atoms with E-state index in [1.807, 2.05) is 13.8 Å². The number of rotatable bonds is 7. The van der Waals surface area contributed by atoms with Crippen molar-refractivity contribution in [2.24, 2.45) is 4.99 Å². The number of aliphatic imine (C=N–C) groups is 1. The average Bonchev–Trinajstić information content (AvgIpc) is 2.76. The van der Waals surface area contributed by atoms with Crippen molar-refractivity contribution in [3.8, 4) is 5.75 Å². The van der Waals surface area contributed by atoms with Crippen LogP contribution in [0.2, 0.25) is 0 Å². The Morgan fingerprint density at radius 3 is 2.46 bits per heavy atom. The topological polar surface area (TPSA) is 77.0 Å². The smallest absolute Gasteiger partial charge is 0.264 e. The second-order valence-corrected chi connectivity index (χ2v) is 7.41. The zero-order valence-corrected chi connectivity index (χ0v) is 15.3. The van der Waals surface area contributed by atoms with E-state index >= 15 is 0 Å². The van der Waals surface area contributed by atoms with E-state index < -0.39 is 10.0 Å². The van der Waals surface area contributed by atoms with Crippen molar-refractivity contribution in [1.82, 2.24) is 4.72 Å². The van der Waals surface area contributed by atoms with Crippen molar-refractivity contribution in [2.75, 3.05) is 20.3 Å². The molecule has 6 nitrogen and oxygen atoms in total. The van der Waals surface area contributed by atoms with Crippen LogP contribution in [-0.4, -0.2) is 40.6 Å². The molecule has 1 aliphatic rings. The lowest BCUT2D eigenvalue weighted by Gasteiger charge is -2.05. The van der Waals surface area contributed by atoms with Gasteiger partial charge in [-0.3, -0.25) is 9.71 Å². The quantitative estimate of drug-likeness (QED) is 0.765. The number of amidine groups is 1. The number of nitrogens with one attached hydrogen (secondary N) is 1. The maximum atomic E-state index is 12.4. The van der Waals surface area contributed by atoms with Crippen LogP contribution in [0.25, 0.3) is 4.91 Å². The molecule has 0 bridgehead atoms. The molecule has 2 rings (SSSR count). The van der Waals surface area contributed by atoms with Crippen molar-refractivity contribution < 1.29 is 17.9 Å². The first-order chi connectivity index (χ1) is 11.3. The average molecular weight is 352 g/mol. The van der Waals surface area contributed by atoms with Crippen molar-refractivity contribution in [1.29, 1.82) is 0 Å². The van der Waals surface area contributed by atoms with Crippen LogP contribution >= 0.6 is 0 Å². The van der Waals surface area contributed by atoms with E-state index in [1.54, 1.807) is 38.3 Å². The molecule has 0 unspecified atom stereocenters. The summed E-state index contributed by atoms with van der Waals surface area (Å²) in [5.41, 5.74) is 1.25. The largest absolute Gasteiger partial charge is 0.497 e. The second kappa shape index (κ2) is 7.81. The monoisotopic (exact) mass is 352 g/mol. The van der Waals surface area contributed by atoms with E-state index in [-0.39, 0.29) is 11.0 Å². The minimum atomic E-state index is -3.59. The van der Waals surface area contributed by atoms with E-state index in [4.69, 9.17) is 9.47 Å². The predicted octanol–water partition coefficient (Wildman–Crippen LogP) is 2.57. The molecule has 1 aromatic carbocycles. The maximum absolute atomic E-state index is 12.4. The zero-order valence-electron chi connectivity index (χ0n) is 14.5. The molecule has 1 N–H and O–H groups in total. The molecule has 1 heterocycles. The van der Waals surface area contributed by atoms with Gasteiger partial charge in [-0.05, 0) is 57.0 Å². The summed E-state index contributed by atoms with van der Waals surface area (Å²) >= 11 is 0. The molecule has 0 aromatic heterocycles. The molecule has 0 aliphatic carbocycles. The molecule has 0 amide bonds. The zero-order chi connectivity index (χ0) is 17.7. The predicted molar refractivity (Wildman–Crippen MR) is 95.7 cm³/mol. The summed E-state index contributed by atoms with van der Waals surface area (Å²) in [4.78, 5) is 4.64. The minimum absolute atomic E-state index is 0.186. The van der Waals surface area contributed by atoms with Crippen LogP contribution in [0, 0.1) is 0 Å². The Bertz CT molecular complexity index is 734. The van der Waals surface area contributed by atoms with E-state index in [0.29, 0.717) is 35.9 Å². The summed E-state index contributed by atoms with van der Waals surface area (Å²) in [5, 5.41) is 0. The minimum Gasteiger partial charge on any atom is -0.497 e. The van der Waals surface area contributed by atoms with Gasteiger partial charge in [-0.2, -0.15) is 0 Å². The van der Waals surface area contributed by atoms with Crippen LogP contribution in [0.15, 0.2) is 34.8 Å². The summed E-state index contributed by atoms with van der Waals surface area (Å²) in [6.07, 6.45) is 0.931. The van der Waals surface area contributed by atoms with Gasteiger partial charge in [-0.15, -0.1) is 0 Å². The third-order valence-electron chi connectivity index (χ3n) is 3.57. The molecule has 132 valence electrons. The van der Waals surface area contributed by atoms with Crippen molar-refractivity contribution in [2.45, 2.75) is 33.3 Å². The molecule has 0 atom stereocenters. The molecule has 0 fully saturated rings. The Morgan fingerprint density at radius 1 is 1.21 bits per heavy atom. The lowest BCUT2D eigenvalue weighted by molar-refractivity contribution is 0.0783. The van der Waals surface area contributed by atoms with Crippen LogP contribution < -0.4 is 9.46 Å². The second-order valence-electron chi connectivity index (χ2n) is 5.79. The third-order valence-corrected chi connectivity index (χ3v) is 5.11. The highest BCUT2D eigenvalue weighted by Crippen LogP contribution is 2.30. The maximum Gasteiger partial charge on any atom is 0.264 e. The van der Waals surface area contributed by atoms with Crippen molar-refractivity contribution >= 4 is 20.8 Å². The number of sulfonamides is 1. The van der Waals surface area contributed by atoms with Gasteiger partial charge in [0.1, 0.15) is 16.5 Å². The van der Waals surface area contributed by atoms with Gasteiger partial charge in [0, 0.05) is 18.7 Å². The number of methoxy groups -OCH3 is 1. The number of hydrogen-bond donors (Lipinski definition) is 1. The Labute approximate surface area is 143 Å². The molecule has 1 aliphatic heterocycles. The van der Waals surface area contributed by atoms with E-state index in [9.17, 15) is 8.42 Å². The molecule has 1 aromatic rings. The van der Waals surface area contributed by atoms with Gasteiger partial charge >= 0.3 is 0 Å². The van der Waals surface area contributed by atoms with Crippen LogP contribution in [0.1, 0.15) is 32.8 Å². The number of hydrogen-bond acceptors (Lipinski definition) is 5. The summed E-state index contributed by atoms with van der Waals surface area (Å²) in [5.74, 6) is 1.09. The lowest BCUT2D eigenvalue weighted by atomic mass is 10.1. The Morgan fingerprint density at radius 2 is 1.88 bits per heavy atom. The Kier molecular flexibility index (Phi) is 6.01. The normalized spacial score (nSPS) is 18.3. The van der Waals surface area contributed by atoms with Crippen molar-refractivity contribution in [3.63, 3.8) is 0 Å². The van der Waals surface area contributed by atoms with Gasteiger partial charge < -0.3 is 9.47 Å². The van der Waals surface area contributed by atoms with Gasteiger partial charge in [0.05, 0.1) is 13.2 Å². The molecular weight excluding hydrogens is 328 g/mol. The molecule has 0 spiro atoms. The summed E-state index contributed by atoms with van der Waals surface area (Å²) in [6, 6.07) is 6.94. The Balaban J connectivity index is 2.17. The first-order valence-corrected chi connectivity index (χ1v) is 9.38. The van der Waals surface area contributed by atoms with Gasteiger partial charge in [0.2, 0.25) is 0 Å². The van der Waals surface area contributed by atoms with Gasteiger partial charge in [-0.1, -0.05) is 0 Å². The fraction of sp³-hybridized carbons (Fsp3) is 0.471. The van der Waals surface area contributed by atoms with Crippen LogP contribution in [0.5, 0.6) is 5.75 Å². The van der Waals surface area contributed by atoms with Crippen LogP contribution in [0.4, 0.5) is 0 Å². The molecule has 0 saturated carbocycles. The molecule has 24 heavy (non-hydrogen) atoms. The van der Waals surface area contributed by atoms with Crippen molar-refractivity contribution in [3.05, 3.63) is 35.4 Å². The van der Waals surface area contributed by atoms with Gasteiger partial charge in [0.25, 0.3) is 10.0 Å². The van der Waals surface area contributed by atoms with E-state index in [0.717, 1.165) is 6.42 Å². The standard InChI is InChI=1S/C17H24N2O4S/c1-12(2)23-11-5-10-18-17-13(3)16(24(20,21)19-17)14-6-8-15(22-4)9-7-14/h6-9,12H,5,10-11H2,1-4H3,(H,18,19). The molecular formula is C17H24N2O4S.